The van der Waals surface area contributed by atoms with Crippen LogP contribution in [-0.4, -0.2) is 54.8 Å². The molecule has 4 aromatic rings. The molecular weight excluding hydrogens is 580 g/mol. The summed E-state index contributed by atoms with van der Waals surface area (Å²) in [7, 11) is 0. The Morgan fingerprint density at radius 1 is 1.22 bits per heavy atom. The number of nitrogens with one attached hydrogen (secondary N) is 1. The largest absolute Gasteiger partial charge is 0.465 e. The van der Waals surface area contributed by atoms with Crippen LogP contribution in [-0.2, 0) is 0 Å². The van der Waals surface area contributed by atoms with E-state index in [4.69, 9.17) is 10.8 Å². The van der Waals surface area contributed by atoms with Gasteiger partial charge in [-0.15, -0.1) is 0 Å². The van der Waals surface area contributed by atoms with Crippen LogP contribution in [0.4, 0.5) is 20.8 Å². The Hall–Kier alpha value is -3.81. The number of hydrogen-bond donors (Lipinski definition) is 3. The molecule has 1 fully saturated rings. The van der Waals surface area contributed by atoms with Crippen LogP contribution in [0.25, 0.3) is 22.2 Å². The monoisotopic (exact) mass is 601 g/mol. The van der Waals surface area contributed by atoms with Crippen molar-refractivity contribution in [2.45, 2.75) is 18.9 Å². The van der Waals surface area contributed by atoms with Crippen molar-refractivity contribution in [2.75, 3.05) is 24.1 Å². The number of aromatic nitrogens is 4. The third-order valence-corrected chi connectivity index (χ3v) is 6.91. The molecule has 4 N–H and O–H groups in total. The minimum atomic E-state index is -0.988. The maximum Gasteiger partial charge on any atom is 0.407 e. The number of anilines is 2. The first-order valence-corrected chi connectivity index (χ1v) is 12.2. The number of piperidine rings is 1. The summed E-state index contributed by atoms with van der Waals surface area (Å²) in [5.74, 6) is -0.604. The number of likely N-dealkylation sites (tertiary alicyclic amines) is 1. The van der Waals surface area contributed by atoms with Gasteiger partial charge in [0.05, 0.1) is 20.5 Å². The maximum atomic E-state index is 15.4. The molecular formula is C24H21FIN7O3. The first-order chi connectivity index (χ1) is 17.3. The highest BCUT2D eigenvalue weighted by Gasteiger charge is 2.29. The van der Waals surface area contributed by atoms with Crippen molar-refractivity contribution in [1.29, 1.82) is 0 Å². The highest BCUT2D eigenvalue weighted by atomic mass is 127. The van der Waals surface area contributed by atoms with Crippen molar-refractivity contribution in [2.24, 2.45) is 0 Å². The van der Waals surface area contributed by atoms with Gasteiger partial charge in [0, 0.05) is 36.6 Å². The number of halogens is 2. The Labute approximate surface area is 218 Å². The van der Waals surface area contributed by atoms with Crippen molar-refractivity contribution in [1.82, 2.24) is 24.6 Å². The molecule has 1 unspecified atom stereocenters. The minimum absolute atomic E-state index is 0.121. The zero-order valence-corrected chi connectivity index (χ0v) is 21.0. The fourth-order valence-corrected chi connectivity index (χ4v) is 5.07. The summed E-state index contributed by atoms with van der Waals surface area (Å²) in [5.41, 5.74) is 7.47. The van der Waals surface area contributed by atoms with E-state index in [0.29, 0.717) is 36.1 Å². The Kier molecular flexibility index (Phi) is 6.43. The molecule has 1 aromatic carbocycles. The number of amides is 2. The number of nitrogens with two attached hydrogens (primary N) is 1. The number of rotatable bonds is 4. The Morgan fingerprint density at radius 3 is 2.78 bits per heavy atom. The third-order valence-electron chi connectivity index (χ3n) is 6.12. The number of carboxylic acid groups (broad SMARTS) is 1. The molecule has 36 heavy (non-hydrogen) atoms. The topological polar surface area (TPSA) is 139 Å². The van der Waals surface area contributed by atoms with Crippen LogP contribution < -0.4 is 11.1 Å². The zero-order chi connectivity index (χ0) is 25.4. The number of carbonyl (C=O) groups is 2. The van der Waals surface area contributed by atoms with Gasteiger partial charge >= 0.3 is 6.09 Å². The predicted octanol–water partition coefficient (Wildman–Crippen LogP) is 4.39. The lowest BCUT2D eigenvalue weighted by Crippen LogP contribution is -2.40. The first kappa shape index (κ1) is 23.9. The SMILES string of the molecule is Nc1ncc(I)c2c1c(-c1ccc(C(=O)Nc3ccccn3)cc1F)nn2C1CCCN(C(=O)O)C1. The van der Waals surface area contributed by atoms with Crippen LogP contribution in [0.3, 0.4) is 0 Å². The number of hydrogen-bond acceptors (Lipinski definition) is 6. The van der Waals surface area contributed by atoms with Gasteiger partial charge in [-0.3, -0.25) is 9.48 Å². The van der Waals surface area contributed by atoms with E-state index in [9.17, 15) is 14.7 Å². The molecule has 12 heteroatoms. The molecule has 2 amide bonds. The lowest BCUT2D eigenvalue weighted by molar-refractivity contribution is 0.102. The number of pyridine rings is 2. The summed E-state index contributed by atoms with van der Waals surface area (Å²) in [6.45, 7) is 0.717. The number of benzene rings is 1. The van der Waals surface area contributed by atoms with Crippen LogP contribution in [0, 0.1) is 9.39 Å². The lowest BCUT2D eigenvalue weighted by Gasteiger charge is -2.31. The van der Waals surface area contributed by atoms with Gasteiger partial charge in [-0.25, -0.2) is 19.2 Å². The molecule has 1 aliphatic rings. The summed E-state index contributed by atoms with van der Waals surface area (Å²) in [4.78, 5) is 33.8. The Morgan fingerprint density at radius 2 is 2.06 bits per heavy atom. The van der Waals surface area contributed by atoms with E-state index in [1.165, 1.54) is 17.0 Å². The number of nitrogens with zero attached hydrogens (tertiary/aromatic N) is 5. The van der Waals surface area contributed by atoms with Crippen molar-refractivity contribution < 1.29 is 19.1 Å². The quantitative estimate of drug-likeness (QED) is 0.295. The lowest BCUT2D eigenvalue weighted by atomic mass is 10.0. The highest BCUT2D eigenvalue weighted by molar-refractivity contribution is 14.1. The zero-order valence-electron chi connectivity index (χ0n) is 18.9. The second-order valence-corrected chi connectivity index (χ2v) is 9.56. The molecule has 5 rings (SSSR count). The Balaban J connectivity index is 1.56. The summed E-state index contributed by atoms with van der Waals surface area (Å²) in [6, 6.07) is 8.98. The number of carbonyl (C=O) groups excluding carboxylic acids is 1. The van der Waals surface area contributed by atoms with Crippen molar-refractivity contribution in [3.63, 3.8) is 0 Å². The molecule has 1 aliphatic heterocycles. The van der Waals surface area contributed by atoms with Crippen LogP contribution in [0.1, 0.15) is 29.2 Å². The van der Waals surface area contributed by atoms with Crippen LogP contribution in [0.15, 0.2) is 48.8 Å². The average Bonchev–Trinajstić information content (AvgIpc) is 3.28. The molecule has 10 nitrogen and oxygen atoms in total. The minimum Gasteiger partial charge on any atom is -0.465 e. The second kappa shape index (κ2) is 9.68. The fourth-order valence-electron chi connectivity index (χ4n) is 4.41. The van der Waals surface area contributed by atoms with Gasteiger partial charge < -0.3 is 21.1 Å². The smallest absolute Gasteiger partial charge is 0.407 e. The summed E-state index contributed by atoms with van der Waals surface area (Å²) in [5, 5.41) is 17.3. The van der Waals surface area contributed by atoms with Gasteiger partial charge in [0.1, 0.15) is 23.1 Å². The first-order valence-electron chi connectivity index (χ1n) is 11.2. The van der Waals surface area contributed by atoms with E-state index in [1.54, 1.807) is 35.3 Å². The molecule has 1 atom stereocenters. The predicted molar refractivity (Wildman–Crippen MR) is 140 cm³/mol. The number of fused-ring (bicyclic) bond motifs is 1. The van der Waals surface area contributed by atoms with Crippen LogP contribution in [0.2, 0.25) is 0 Å². The molecule has 184 valence electrons. The van der Waals surface area contributed by atoms with Crippen LogP contribution >= 0.6 is 22.6 Å². The summed E-state index contributed by atoms with van der Waals surface area (Å²) < 4.78 is 17.9. The highest BCUT2D eigenvalue weighted by Crippen LogP contribution is 2.38. The van der Waals surface area contributed by atoms with Crippen molar-refractivity contribution in [3.05, 3.63) is 63.7 Å². The van der Waals surface area contributed by atoms with Gasteiger partial charge in [-0.1, -0.05) is 6.07 Å². The maximum absolute atomic E-state index is 15.4. The van der Waals surface area contributed by atoms with Gasteiger partial charge in [-0.05, 0) is 65.8 Å². The Bertz CT molecular complexity index is 1480. The van der Waals surface area contributed by atoms with Crippen LogP contribution in [0.5, 0.6) is 0 Å². The second-order valence-electron chi connectivity index (χ2n) is 8.40. The van der Waals surface area contributed by atoms with E-state index in [2.05, 4.69) is 37.9 Å². The van der Waals surface area contributed by atoms with E-state index >= 15 is 4.39 Å². The van der Waals surface area contributed by atoms with Gasteiger partial charge in [0.15, 0.2) is 0 Å². The molecule has 4 heterocycles. The normalized spacial score (nSPS) is 15.7. The van der Waals surface area contributed by atoms with Crippen molar-refractivity contribution >= 4 is 57.1 Å². The van der Waals surface area contributed by atoms with Gasteiger partial charge in [0.2, 0.25) is 0 Å². The molecule has 0 spiro atoms. The van der Waals surface area contributed by atoms with E-state index in [0.717, 1.165) is 9.64 Å². The van der Waals surface area contributed by atoms with Gasteiger partial charge in [0.25, 0.3) is 5.91 Å². The average molecular weight is 601 g/mol. The number of nitrogen functional groups attached to an aromatic ring is 1. The summed E-state index contributed by atoms with van der Waals surface area (Å²) >= 11 is 2.12. The molecule has 3 aromatic heterocycles. The third kappa shape index (κ3) is 4.43. The molecule has 1 saturated heterocycles. The molecule has 0 radical (unpaired) electrons. The summed E-state index contributed by atoms with van der Waals surface area (Å²) in [6.07, 6.45) is 3.56. The van der Waals surface area contributed by atoms with E-state index in [-0.39, 0.29) is 35.2 Å². The van der Waals surface area contributed by atoms with Gasteiger partial charge in [-0.2, -0.15) is 5.10 Å². The van der Waals surface area contributed by atoms with E-state index < -0.39 is 17.8 Å². The standard InChI is InChI=1S/C24H21FIN7O3/c25-16-10-13(23(34)30-18-5-1-2-8-28-18)6-7-15(16)20-19-21(17(26)11-29-22(19)27)33(31-20)14-4-3-9-32(12-14)24(35)36/h1-2,5-8,10-11,14H,3-4,9,12H2,(H2,27,29)(H,35,36)(H,28,30,34). The molecule has 0 bridgehead atoms. The van der Waals surface area contributed by atoms with E-state index in [1.807, 2.05) is 0 Å². The molecule has 0 saturated carbocycles. The fraction of sp³-hybridized carbons (Fsp3) is 0.208. The van der Waals surface area contributed by atoms with Crippen molar-refractivity contribution in [3.8, 4) is 11.3 Å². The molecule has 0 aliphatic carbocycles.